The fourth-order valence-electron chi connectivity index (χ4n) is 1.60. The highest BCUT2D eigenvalue weighted by Gasteiger charge is 2.02. The summed E-state index contributed by atoms with van der Waals surface area (Å²) >= 11 is 1.71. The number of hydrogen-bond acceptors (Lipinski definition) is 4. The summed E-state index contributed by atoms with van der Waals surface area (Å²) in [4.78, 5) is 5.20. The van der Waals surface area contributed by atoms with Gasteiger partial charge in [0.2, 0.25) is 0 Å². The van der Waals surface area contributed by atoms with Crippen molar-refractivity contribution in [3.8, 4) is 0 Å². The summed E-state index contributed by atoms with van der Waals surface area (Å²) in [7, 11) is 0. The Balaban J connectivity index is 2.03. The minimum atomic E-state index is 0.0236. The van der Waals surface area contributed by atoms with Crippen molar-refractivity contribution in [2.24, 2.45) is 10.9 Å². The highest BCUT2D eigenvalue weighted by Crippen LogP contribution is 2.23. The molecule has 4 nitrogen and oxygen atoms in total. The van der Waals surface area contributed by atoms with Crippen LogP contribution < -0.4 is 5.73 Å². The Bertz CT molecular complexity index is 581. The second-order valence-corrected chi connectivity index (χ2v) is 5.13. The van der Waals surface area contributed by atoms with Gasteiger partial charge >= 0.3 is 0 Å². The SMILES string of the molecule is Cc1ccccc1CSc1ccc(/C(N)=N/O)nc1. The molecule has 0 atom stereocenters. The van der Waals surface area contributed by atoms with Crippen LogP contribution in [0, 0.1) is 6.92 Å². The molecule has 19 heavy (non-hydrogen) atoms. The van der Waals surface area contributed by atoms with Gasteiger partial charge in [-0.1, -0.05) is 29.4 Å². The summed E-state index contributed by atoms with van der Waals surface area (Å²) in [6, 6.07) is 12.0. The summed E-state index contributed by atoms with van der Waals surface area (Å²) in [5, 5.41) is 11.5. The average Bonchev–Trinajstić information content (AvgIpc) is 2.46. The number of rotatable bonds is 4. The molecule has 1 aromatic heterocycles. The molecule has 3 N–H and O–H groups in total. The summed E-state index contributed by atoms with van der Waals surface area (Å²) in [5.74, 6) is 0.924. The fourth-order valence-corrected chi connectivity index (χ4v) is 2.54. The maximum Gasteiger partial charge on any atom is 0.188 e. The molecule has 0 saturated heterocycles. The Morgan fingerprint density at radius 2 is 2.11 bits per heavy atom. The number of oxime groups is 1. The normalized spacial score (nSPS) is 11.5. The second kappa shape index (κ2) is 6.24. The van der Waals surface area contributed by atoms with Crippen LogP contribution in [0.25, 0.3) is 0 Å². The Morgan fingerprint density at radius 1 is 1.32 bits per heavy atom. The van der Waals surface area contributed by atoms with Gasteiger partial charge in [-0.15, -0.1) is 11.8 Å². The van der Waals surface area contributed by atoms with Crippen molar-refractivity contribution >= 4 is 17.6 Å². The highest BCUT2D eigenvalue weighted by atomic mass is 32.2. The number of amidine groups is 1. The Morgan fingerprint density at radius 3 is 2.74 bits per heavy atom. The molecule has 0 aliphatic carbocycles. The number of nitrogens with two attached hydrogens (primary N) is 1. The minimum Gasteiger partial charge on any atom is -0.409 e. The van der Waals surface area contributed by atoms with Crippen molar-refractivity contribution in [3.63, 3.8) is 0 Å². The number of thioether (sulfide) groups is 1. The predicted molar refractivity (Wildman–Crippen MR) is 77.5 cm³/mol. The van der Waals surface area contributed by atoms with Crippen LogP contribution >= 0.6 is 11.8 Å². The van der Waals surface area contributed by atoms with Gasteiger partial charge in [-0.25, -0.2) is 0 Å². The van der Waals surface area contributed by atoms with Crippen LogP contribution in [0.3, 0.4) is 0 Å². The van der Waals surface area contributed by atoms with E-state index in [4.69, 9.17) is 10.9 Å². The van der Waals surface area contributed by atoms with Crippen LogP contribution in [-0.2, 0) is 5.75 Å². The number of benzene rings is 1. The Hall–Kier alpha value is -2.01. The van der Waals surface area contributed by atoms with Crippen molar-refractivity contribution in [3.05, 3.63) is 59.4 Å². The van der Waals surface area contributed by atoms with Crippen molar-refractivity contribution in [2.75, 3.05) is 0 Å². The molecule has 0 radical (unpaired) electrons. The maximum atomic E-state index is 8.56. The first-order chi connectivity index (χ1) is 9.20. The van der Waals surface area contributed by atoms with Gasteiger partial charge in [0.05, 0.1) is 0 Å². The molecule has 2 rings (SSSR count). The molecule has 1 heterocycles. The van der Waals surface area contributed by atoms with Crippen LogP contribution in [0.5, 0.6) is 0 Å². The van der Waals surface area contributed by atoms with Crippen LogP contribution in [-0.4, -0.2) is 16.0 Å². The summed E-state index contributed by atoms with van der Waals surface area (Å²) in [5.41, 5.74) is 8.54. The molecule has 1 aromatic carbocycles. The van der Waals surface area contributed by atoms with Gasteiger partial charge in [0.15, 0.2) is 5.84 Å². The zero-order valence-corrected chi connectivity index (χ0v) is 11.4. The number of aryl methyl sites for hydroxylation is 1. The number of hydrogen-bond donors (Lipinski definition) is 2. The topological polar surface area (TPSA) is 71.5 Å². The first-order valence-electron chi connectivity index (χ1n) is 5.82. The second-order valence-electron chi connectivity index (χ2n) is 4.08. The zero-order chi connectivity index (χ0) is 13.7. The lowest BCUT2D eigenvalue weighted by Crippen LogP contribution is -2.14. The molecule has 2 aromatic rings. The lowest BCUT2D eigenvalue weighted by molar-refractivity contribution is 0.318. The van der Waals surface area contributed by atoms with Gasteiger partial charge in [-0.05, 0) is 30.2 Å². The molecule has 0 aliphatic rings. The maximum absolute atomic E-state index is 8.56. The molecule has 5 heteroatoms. The molecule has 0 aliphatic heterocycles. The summed E-state index contributed by atoms with van der Waals surface area (Å²) < 4.78 is 0. The highest BCUT2D eigenvalue weighted by molar-refractivity contribution is 7.98. The lowest BCUT2D eigenvalue weighted by atomic mass is 10.1. The monoisotopic (exact) mass is 273 g/mol. The molecule has 98 valence electrons. The quantitative estimate of drug-likeness (QED) is 0.295. The Kier molecular flexibility index (Phi) is 4.41. The van der Waals surface area contributed by atoms with E-state index in [1.54, 1.807) is 24.0 Å². The molecule has 0 fully saturated rings. The summed E-state index contributed by atoms with van der Waals surface area (Å²) in [6.45, 7) is 2.11. The van der Waals surface area contributed by atoms with E-state index in [1.165, 1.54) is 11.1 Å². The molecule has 0 saturated carbocycles. The molecular weight excluding hydrogens is 258 g/mol. The van der Waals surface area contributed by atoms with E-state index >= 15 is 0 Å². The van der Waals surface area contributed by atoms with E-state index < -0.39 is 0 Å². The zero-order valence-electron chi connectivity index (χ0n) is 10.6. The van der Waals surface area contributed by atoms with Gasteiger partial charge < -0.3 is 10.9 Å². The van der Waals surface area contributed by atoms with Crippen molar-refractivity contribution in [2.45, 2.75) is 17.6 Å². The van der Waals surface area contributed by atoms with Crippen LogP contribution in [0.1, 0.15) is 16.8 Å². The standard InChI is InChI=1S/C14H15N3OS/c1-10-4-2-3-5-11(10)9-19-12-6-7-13(16-8-12)14(15)17-18/h2-8,18H,9H2,1H3,(H2,15,17). The first-order valence-corrected chi connectivity index (χ1v) is 6.80. The van der Waals surface area contributed by atoms with E-state index in [1.807, 2.05) is 18.2 Å². The lowest BCUT2D eigenvalue weighted by Gasteiger charge is -2.05. The van der Waals surface area contributed by atoms with Crippen molar-refractivity contribution in [1.82, 2.24) is 4.98 Å². The predicted octanol–water partition coefficient (Wildman–Crippen LogP) is 2.78. The van der Waals surface area contributed by atoms with Gasteiger partial charge in [0, 0.05) is 16.8 Å². The smallest absolute Gasteiger partial charge is 0.188 e. The van der Waals surface area contributed by atoms with E-state index in [0.717, 1.165) is 10.6 Å². The summed E-state index contributed by atoms with van der Waals surface area (Å²) in [6.07, 6.45) is 1.73. The van der Waals surface area contributed by atoms with Gasteiger partial charge in [0.25, 0.3) is 0 Å². The minimum absolute atomic E-state index is 0.0236. The van der Waals surface area contributed by atoms with Crippen LogP contribution in [0.2, 0.25) is 0 Å². The van der Waals surface area contributed by atoms with Gasteiger partial charge in [-0.3, -0.25) is 4.98 Å². The number of aromatic nitrogens is 1. The average molecular weight is 273 g/mol. The van der Waals surface area contributed by atoms with E-state index in [0.29, 0.717) is 5.69 Å². The van der Waals surface area contributed by atoms with Gasteiger partial charge in [-0.2, -0.15) is 0 Å². The first kappa shape index (κ1) is 13.4. The third kappa shape index (κ3) is 3.48. The van der Waals surface area contributed by atoms with Gasteiger partial charge in [0.1, 0.15) is 5.69 Å². The number of nitrogens with zero attached hydrogens (tertiary/aromatic N) is 2. The Labute approximate surface area is 116 Å². The molecule has 0 unspecified atom stereocenters. The van der Waals surface area contributed by atoms with Crippen LogP contribution in [0.4, 0.5) is 0 Å². The third-order valence-corrected chi connectivity index (χ3v) is 3.79. The van der Waals surface area contributed by atoms with Crippen molar-refractivity contribution in [1.29, 1.82) is 0 Å². The van der Waals surface area contributed by atoms with E-state index in [2.05, 4.69) is 29.2 Å². The fraction of sp³-hybridized carbons (Fsp3) is 0.143. The number of pyridine rings is 1. The largest absolute Gasteiger partial charge is 0.409 e. The van der Waals surface area contributed by atoms with E-state index in [-0.39, 0.29) is 5.84 Å². The molecule has 0 spiro atoms. The molecule has 0 amide bonds. The third-order valence-electron chi connectivity index (χ3n) is 2.76. The van der Waals surface area contributed by atoms with Crippen molar-refractivity contribution < 1.29 is 5.21 Å². The van der Waals surface area contributed by atoms with E-state index in [9.17, 15) is 0 Å². The molecular formula is C14H15N3OS. The van der Waals surface area contributed by atoms with Crippen LogP contribution in [0.15, 0.2) is 52.6 Å². The molecule has 0 bridgehead atoms.